The van der Waals surface area contributed by atoms with Crippen molar-refractivity contribution in [3.63, 3.8) is 0 Å². The summed E-state index contributed by atoms with van der Waals surface area (Å²) in [6.45, 7) is 2.09. The van der Waals surface area contributed by atoms with E-state index in [0.29, 0.717) is 10.8 Å². The van der Waals surface area contributed by atoms with E-state index in [1.165, 1.54) is 7.11 Å². The fourth-order valence-electron chi connectivity index (χ4n) is 4.84. The van der Waals surface area contributed by atoms with E-state index in [0.717, 1.165) is 34.2 Å². The predicted octanol–water partition coefficient (Wildman–Crippen LogP) is 4.95. The van der Waals surface area contributed by atoms with E-state index in [1.807, 2.05) is 66.7 Å². The first-order chi connectivity index (χ1) is 18.5. The number of nitrogens with zero attached hydrogens (tertiary/aromatic N) is 3. The van der Waals surface area contributed by atoms with Crippen LogP contribution < -0.4 is 20.3 Å². The number of hydrogen-bond acceptors (Lipinski definition) is 5. The van der Waals surface area contributed by atoms with Crippen LogP contribution in [0.15, 0.2) is 85.1 Å². The van der Waals surface area contributed by atoms with Crippen LogP contribution in [0.3, 0.4) is 0 Å². The fraction of sp³-hybridized carbons (Fsp3) is 0.207. The van der Waals surface area contributed by atoms with Crippen LogP contribution in [-0.4, -0.2) is 41.4 Å². The molecular weight excluding hydrogens is 498 g/mol. The summed E-state index contributed by atoms with van der Waals surface area (Å²) in [6, 6.07) is 25.4. The summed E-state index contributed by atoms with van der Waals surface area (Å²) in [4.78, 5) is 18.7. The fourth-order valence-corrected chi connectivity index (χ4v) is 5.19. The van der Waals surface area contributed by atoms with Crippen LogP contribution in [0.2, 0.25) is 0 Å². The molecule has 0 bridgehead atoms. The van der Waals surface area contributed by atoms with E-state index >= 15 is 0 Å². The zero-order valence-electron chi connectivity index (χ0n) is 21.4. The minimum absolute atomic E-state index is 0.00257. The van der Waals surface area contributed by atoms with Gasteiger partial charge in [-0.25, -0.2) is 0 Å². The van der Waals surface area contributed by atoms with Gasteiger partial charge in [-0.15, -0.1) is 0 Å². The molecule has 2 aromatic carbocycles. The van der Waals surface area contributed by atoms with Gasteiger partial charge in [-0.05, 0) is 91.9 Å². The van der Waals surface area contributed by atoms with Crippen molar-refractivity contribution in [2.45, 2.75) is 19.0 Å². The lowest BCUT2D eigenvalue weighted by Gasteiger charge is -2.29. The molecule has 0 spiro atoms. The molecule has 1 aliphatic heterocycles. The van der Waals surface area contributed by atoms with Crippen LogP contribution in [0, 0.1) is 6.92 Å². The highest BCUT2D eigenvalue weighted by molar-refractivity contribution is 7.80. The van der Waals surface area contributed by atoms with Crippen molar-refractivity contribution in [2.75, 3.05) is 31.0 Å². The number of amides is 1. The Morgan fingerprint density at radius 1 is 1.00 bits per heavy atom. The molecule has 1 aliphatic rings. The number of aryl methyl sites for hydroxylation is 1. The minimum atomic E-state index is -0.209. The largest absolute Gasteiger partial charge is 0.497 e. The Hall–Kier alpha value is -4.21. The first-order valence-electron chi connectivity index (χ1n) is 12.2. The Morgan fingerprint density at radius 3 is 2.39 bits per heavy atom. The summed E-state index contributed by atoms with van der Waals surface area (Å²) in [6.07, 6.45) is 1.80. The lowest BCUT2D eigenvalue weighted by atomic mass is 10.0. The van der Waals surface area contributed by atoms with Crippen molar-refractivity contribution < 1.29 is 14.3 Å². The summed E-state index contributed by atoms with van der Waals surface area (Å²) in [5.74, 6) is 0.592. The molecule has 3 heterocycles. The van der Waals surface area contributed by atoms with Gasteiger partial charge in [-0.2, -0.15) is 0 Å². The number of carbonyl (C=O) groups excluding carboxylic acids is 1. The molecule has 2 N–H and O–H groups in total. The molecule has 194 valence electrons. The van der Waals surface area contributed by atoms with E-state index in [9.17, 15) is 4.79 Å². The van der Waals surface area contributed by atoms with Crippen LogP contribution >= 0.6 is 12.2 Å². The Morgan fingerprint density at radius 2 is 1.74 bits per heavy atom. The van der Waals surface area contributed by atoms with Crippen molar-refractivity contribution in [1.29, 1.82) is 0 Å². The molecule has 4 aromatic rings. The Balaban J connectivity index is 1.58. The molecule has 38 heavy (non-hydrogen) atoms. The summed E-state index contributed by atoms with van der Waals surface area (Å²) in [5, 5.41) is 6.95. The molecule has 0 aliphatic carbocycles. The number of aromatic nitrogens is 2. The third kappa shape index (κ3) is 4.98. The Labute approximate surface area is 227 Å². The number of anilines is 2. The summed E-state index contributed by atoms with van der Waals surface area (Å²) in [7, 11) is 3.15. The van der Waals surface area contributed by atoms with Crippen LogP contribution in [-0.2, 0) is 9.53 Å². The van der Waals surface area contributed by atoms with Gasteiger partial charge in [0.05, 0.1) is 18.8 Å². The number of nitrogens with one attached hydrogen (secondary N) is 2. The van der Waals surface area contributed by atoms with Gasteiger partial charge >= 0.3 is 0 Å². The highest BCUT2D eigenvalue weighted by Crippen LogP contribution is 2.43. The SMILES string of the molecule is COCC(=O)Nc1ccc(N2C(=S)NC(c3ccccn3)C2c2ccc(C)n2-c2ccc(OC)cc2)cc1. The normalized spacial score (nSPS) is 16.8. The second kappa shape index (κ2) is 11.0. The second-order valence-electron chi connectivity index (χ2n) is 8.96. The van der Waals surface area contributed by atoms with Crippen molar-refractivity contribution in [1.82, 2.24) is 14.9 Å². The van der Waals surface area contributed by atoms with Crippen molar-refractivity contribution in [2.24, 2.45) is 0 Å². The average Bonchev–Trinajstić information content (AvgIpc) is 3.49. The molecule has 2 unspecified atom stereocenters. The molecular formula is C29H29N5O3S. The quantitative estimate of drug-likeness (QED) is 0.314. The summed E-state index contributed by atoms with van der Waals surface area (Å²) < 4.78 is 12.5. The van der Waals surface area contributed by atoms with E-state index in [2.05, 4.69) is 44.1 Å². The molecule has 9 heteroatoms. The molecule has 0 radical (unpaired) electrons. The first-order valence-corrected chi connectivity index (χ1v) is 12.6. The van der Waals surface area contributed by atoms with Crippen LogP contribution in [0.25, 0.3) is 5.69 Å². The standard InChI is InChI=1S/C29H29N5O3S/c1-19-7-16-25(33(19)21-12-14-23(37-3)15-13-21)28-27(24-6-4-5-17-30-24)32-29(38)34(28)22-10-8-20(9-11-22)31-26(35)18-36-2/h4-17,27-28H,18H2,1-3H3,(H,31,35)(H,32,38). The molecule has 5 rings (SSSR count). The first kappa shape index (κ1) is 25.4. The minimum Gasteiger partial charge on any atom is -0.497 e. The van der Waals surface area contributed by atoms with Gasteiger partial charge in [0.25, 0.3) is 0 Å². The highest BCUT2D eigenvalue weighted by atomic mass is 32.1. The zero-order valence-corrected chi connectivity index (χ0v) is 22.2. The smallest absolute Gasteiger partial charge is 0.250 e. The Kier molecular flexibility index (Phi) is 7.39. The van der Waals surface area contributed by atoms with Gasteiger partial charge in [0, 0.05) is 41.8 Å². The van der Waals surface area contributed by atoms with Gasteiger partial charge in [0.2, 0.25) is 5.91 Å². The Bertz CT molecular complexity index is 1420. The topological polar surface area (TPSA) is 80.7 Å². The maximum absolute atomic E-state index is 12.0. The van der Waals surface area contributed by atoms with Gasteiger partial charge < -0.3 is 29.6 Å². The number of thiocarbonyl (C=S) groups is 1. The van der Waals surface area contributed by atoms with Crippen molar-refractivity contribution in [3.05, 3.63) is 102 Å². The molecule has 1 amide bonds. The van der Waals surface area contributed by atoms with Gasteiger partial charge in [-0.3, -0.25) is 9.78 Å². The van der Waals surface area contributed by atoms with Crippen molar-refractivity contribution >= 4 is 34.6 Å². The zero-order chi connectivity index (χ0) is 26.6. The number of rotatable bonds is 8. The molecule has 0 saturated carbocycles. The number of carbonyl (C=O) groups is 1. The number of benzene rings is 2. The van der Waals surface area contributed by atoms with Crippen molar-refractivity contribution in [3.8, 4) is 11.4 Å². The molecule has 2 atom stereocenters. The molecule has 2 aromatic heterocycles. The lowest BCUT2D eigenvalue weighted by Crippen LogP contribution is -2.30. The molecule has 1 saturated heterocycles. The number of pyridine rings is 1. The third-order valence-electron chi connectivity index (χ3n) is 6.54. The van der Waals surface area contributed by atoms with Gasteiger partial charge in [0.15, 0.2) is 5.11 Å². The molecule has 8 nitrogen and oxygen atoms in total. The second-order valence-corrected chi connectivity index (χ2v) is 9.34. The van der Waals surface area contributed by atoms with Crippen LogP contribution in [0.1, 0.15) is 29.2 Å². The van der Waals surface area contributed by atoms with Gasteiger partial charge in [-0.1, -0.05) is 6.07 Å². The summed E-state index contributed by atoms with van der Waals surface area (Å²) >= 11 is 5.89. The maximum Gasteiger partial charge on any atom is 0.250 e. The van der Waals surface area contributed by atoms with E-state index in [1.54, 1.807) is 13.3 Å². The van der Waals surface area contributed by atoms with Crippen LogP contribution in [0.5, 0.6) is 5.75 Å². The molecule has 1 fully saturated rings. The summed E-state index contributed by atoms with van der Waals surface area (Å²) in [5.41, 5.74) is 5.66. The van der Waals surface area contributed by atoms with E-state index < -0.39 is 0 Å². The highest BCUT2D eigenvalue weighted by Gasteiger charge is 2.42. The number of methoxy groups -OCH3 is 2. The lowest BCUT2D eigenvalue weighted by molar-refractivity contribution is -0.119. The monoisotopic (exact) mass is 527 g/mol. The number of ether oxygens (including phenoxy) is 2. The number of hydrogen-bond donors (Lipinski definition) is 2. The van der Waals surface area contributed by atoms with E-state index in [4.69, 9.17) is 21.7 Å². The predicted molar refractivity (Wildman–Crippen MR) is 152 cm³/mol. The average molecular weight is 528 g/mol. The van der Waals surface area contributed by atoms with Crippen LogP contribution in [0.4, 0.5) is 11.4 Å². The van der Waals surface area contributed by atoms with Gasteiger partial charge in [0.1, 0.15) is 18.4 Å². The third-order valence-corrected chi connectivity index (χ3v) is 6.86. The van der Waals surface area contributed by atoms with E-state index in [-0.39, 0.29) is 24.6 Å². The maximum atomic E-state index is 12.0.